The molecule has 0 radical (unpaired) electrons. The summed E-state index contributed by atoms with van der Waals surface area (Å²) in [6.07, 6.45) is 0. The van der Waals surface area contributed by atoms with Crippen LogP contribution in [-0.4, -0.2) is 21.9 Å². The normalized spacial score (nSPS) is 10.5. The van der Waals surface area contributed by atoms with E-state index >= 15 is 0 Å². The number of aromatic nitrogens is 2. The highest BCUT2D eigenvalue weighted by atomic mass is 32.2. The molecule has 0 atom stereocenters. The Kier molecular flexibility index (Phi) is 2.91. The maximum absolute atomic E-state index is 11.2. The maximum Gasteiger partial charge on any atom is 0.375 e. The summed E-state index contributed by atoms with van der Waals surface area (Å²) in [7, 11) is 0. The molecule has 0 amide bonds. The third kappa shape index (κ3) is 2.30. The minimum absolute atomic E-state index is 0.337. The summed E-state index contributed by atoms with van der Waals surface area (Å²) in [5, 5.41) is 0.228. The number of carbonyl (C=O) groups excluding carboxylic acids is 1. The zero-order chi connectivity index (χ0) is 10.7. The van der Waals surface area contributed by atoms with Gasteiger partial charge in [-0.05, 0) is 19.1 Å². The van der Waals surface area contributed by atoms with Crippen molar-refractivity contribution in [3.8, 4) is 0 Å². The second-order valence-corrected chi connectivity index (χ2v) is 3.77. The lowest BCUT2D eigenvalue weighted by Crippen LogP contribution is -1.96. The highest BCUT2D eigenvalue weighted by Gasteiger charge is 2.09. The molecule has 1 aromatic heterocycles. The van der Waals surface area contributed by atoms with Gasteiger partial charge < -0.3 is 9.72 Å². The van der Waals surface area contributed by atoms with E-state index in [1.807, 2.05) is 24.3 Å². The fourth-order valence-electron chi connectivity index (χ4n) is 1.20. The number of nitrogens with zero attached hydrogens (tertiary/aromatic N) is 1. The van der Waals surface area contributed by atoms with E-state index in [1.165, 1.54) is 0 Å². The van der Waals surface area contributed by atoms with Crippen LogP contribution in [0, 0.1) is 0 Å². The quantitative estimate of drug-likeness (QED) is 0.627. The maximum atomic E-state index is 11.2. The first-order valence-corrected chi connectivity index (χ1v) is 5.40. The molecule has 15 heavy (non-hydrogen) atoms. The number of thioether (sulfide) groups is 1. The molecule has 2 aromatic rings. The van der Waals surface area contributed by atoms with Gasteiger partial charge in [-0.15, -0.1) is 0 Å². The third-order valence-electron chi connectivity index (χ3n) is 1.81. The van der Waals surface area contributed by atoms with Gasteiger partial charge in [-0.3, -0.25) is 0 Å². The standard InChI is InChI=1S/C10H10N2O2S/c1-2-14-10(13)15-9-11-7-5-3-4-6-8(7)12-9/h3-6H,2H2,1H3,(H,11,12). The van der Waals surface area contributed by atoms with Crippen molar-refractivity contribution in [1.29, 1.82) is 0 Å². The van der Waals surface area contributed by atoms with Crippen LogP contribution in [0.4, 0.5) is 4.79 Å². The van der Waals surface area contributed by atoms with Crippen LogP contribution in [0.15, 0.2) is 29.4 Å². The zero-order valence-corrected chi connectivity index (χ0v) is 9.00. The number of fused-ring (bicyclic) bond motifs is 1. The van der Waals surface area contributed by atoms with Crippen molar-refractivity contribution in [2.24, 2.45) is 0 Å². The monoisotopic (exact) mass is 222 g/mol. The van der Waals surface area contributed by atoms with E-state index in [1.54, 1.807) is 6.92 Å². The Morgan fingerprint density at radius 3 is 3.07 bits per heavy atom. The lowest BCUT2D eigenvalue weighted by atomic mass is 10.3. The Morgan fingerprint density at radius 2 is 2.33 bits per heavy atom. The topological polar surface area (TPSA) is 55.0 Å². The van der Waals surface area contributed by atoms with E-state index in [0.717, 1.165) is 22.8 Å². The number of imidazole rings is 1. The van der Waals surface area contributed by atoms with Crippen LogP contribution in [-0.2, 0) is 4.74 Å². The number of para-hydroxylation sites is 2. The van der Waals surface area contributed by atoms with Gasteiger partial charge in [-0.1, -0.05) is 12.1 Å². The SMILES string of the molecule is CCOC(=O)Sc1nc2ccccc2[nH]1. The minimum atomic E-state index is -0.337. The van der Waals surface area contributed by atoms with Crippen molar-refractivity contribution in [1.82, 2.24) is 9.97 Å². The first-order chi connectivity index (χ1) is 7.29. The number of H-pyrrole nitrogens is 1. The molecule has 2 rings (SSSR count). The molecule has 0 saturated heterocycles. The molecular formula is C10H10N2O2S. The molecular weight excluding hydrogens is 212 g/mol. The van der Waals surface area contributed by atoms with Gasteiger partial charge in [-0.25, -0.2) is 9.78 Å². The molecule has 0 unspecified atom stereocenters. The predicted octanol–water partition coefficient (Wildman–Crippen LogP) is 2.81. The highest BCUT2D eigenvalue weighted by molar-refractivity contribution is 8.13. The number of rotatable bonds is 2. The van der Waals surface area contributed by atoms with Crippen molar-refractivity contribution < 1.29 is 9.53 Å². The molecule has 0 aliphatic rings. The molecule has 1 aromatic carbocycles. The highest BCUT2D eigenvalue weighted by Crippen LogP contribution is 2.20. The number of ether oxygens (including phenoxy) is 1. The summed E-state index contributed by atoms with van der Waals surface area (Å²) < 4.78 is 4.81. The number of hydrogen-bond donors (Lipinski definition) is 1. The van der Waals surface area contributed by atoms with Gasteiger partial charge in [0.05, 0.1) is 17.6 Å². The first kappa shape index (κ1) is 10.0. The predicted molar refractivity (Wildman–Crippen MR) is 59.0 cm³/mol. The molecule has 0 saturated carbocycles. The second-order valence-electron chi connectivity index (χ2n) is 2.84. The van der Waals surface area contributed by atoms with Crippen LogP contribution in [0.25, 0.3) is 11.0 Å². The van der Waals surface area contributed by atoms with Crippen LogP contribution in [0.5, 0.6) is 0 Å². The van der Waals surface area contributed by atoms with Gasteiger partial charge in [0.1, 0.15) is 0 Å². The molecule has 0 fully saturated rings. The Balaban J connectivity index is 2.18. The van der Waals surface area contributed by atoms with E-state index in [2.05, 4.69) is 9.97 Å². The summed E-state index contributed by atoms with van der Waals surface area (Å²) >= 11 is 0.966. The molecule has 1 N–H and O–H groups in total. The van der Waals surface area contributed by atoms with Gasteiger partial charge in [0.25, 0.3) is 0 Å². The van der Waals surface area contributed by atoms with E-state index in [4.69, 9.17) is 4.74 Å². The van der Waals surface area contributed by atoms with E-state index in [9.17, 15) is 4.79 Å². The Morgan fingerprint density at radius 1 is 1.53 bits per heavy atom. The molecule has 0 aliphatic carbocycles. The van der Waals surface area contributed by atoms with Gasteiger partial charge in [0.15, 0.2) is 5.16 Å². The second kappa shape index (κ2) is 4.35. The smallest absolute Gasteiger partial charge is 0.375 e. The molecule has 0 aliphatic heterocycles. The van der Waals surface area contributed by atoms with Gasteiger partial charge in [0, 0.05) is 11.8 Å². The summed E-state index contributed by atoms with van der Waals surface area (Å²) in [5.74, 6) is 0. The van der Waals surface area contributed by atoms with Gasteiger partial charge in [-0.2, -0.15) is 0 Å². The average Bonchev–Trinajstić information content (AvgIpc) is 2.59. The van der Waals surface area contributed by atoms with Gasteiger partial charge >= 0.3 is 5.30 Å². The molecule has 0 bridgehead atoms. The van der Waals surface area contributed by atoms with Crippen molar-refractivity contribution >= 4 is 28.1 Å². The Hall–Kier alpha value is -1.49. The average molecular weight is 222 g/mol. The zero-order valence-electron chi connectivity index (χ0n) is 8.19. The summed E-state index contributed by atoms with van der Waals surface area (Å²) in [6.45, 7) is 2.16. The number of nitrogens with one attached hydrogen (secondary N) is 1. The Labute approximate surface area is 91.0 Å². The van der Waals surface area contributed by atoms with E-state index < -0.39 is 0 Å². The van der Waals surface area contributed by atoms with Gasteiger partial charge in [0.2, 0.25) is 0 Å². The van der Waals surface area contributed by atoms with E-state index in [-0.39, 0.29) is 5.30 Å². The van der Waals surface area contributed by atoms with E-state index in [0.29, 0.717) is 11.8 Å². The number of hydrogen-bond acceptors (Lipinski definition) is 4. The van der Waals surface area contributed by atoms with Crippen LogP contribution in [0.2, 0.25) is 0 Å². The lowest BCUT2D eigenvalue weighted by molar-refractivity contribution is 0.181. The van der Waals surface area contributed by atoms with Crippen molar-refractivity contribution in [2.75, 3.05) is 6.61 Å². The summed E-state index contributed by atoms with van der Waals surface area (Å²) in [5.41, 5.74) is 1.77. The van der Waals surface area contributed by atoms with Crippen molar-refractivity contribution in [2.45, 2.75) is 12.1 Å². The van der Waals surface area contributed by atoms with Crippen molar-refractivity contribution in [3.05, 3.63) is 24.3 Å². The number of carbonyl (C=O) groups is 1. The van der Waals surface area contributed by atoms with Crippen LogP contribution in [0.1, 0.15) is 6.92 Å². The molecule has 4 nitrogen and oxygen atoms in total. The molecule has 5 heteroatoms. The fraction of sp³-hybridized carbons (Fsp3) is 0.200. The molecule has 1 heterocycles. The number of aromatic amines is 1. The van der Waals surface area contributed by atoms with Crippen LogP contribution < -0.4 is 0 Å². The first-order valence-electron chi connectivity index (χ1n) is 4.59. The Bertz CT molecular complexity index is 448. The minimum Gasteiger partial charge on any atom is -0.458 e. The summed E-state index contributed by atoms with van der Waals surface area (Å²) in [4.78, 5) is 18.4. The van der Waals surface area contributed by atoms with Crippen molar-refractivity contribution in [3.63, 3.8) is 0 Å². The fourth-order valence-corrected chi connectivity index (χ4v) is 1.84. The van der Waals surface area contributed by atoms with Crippen LogP contribution >= 0.6 is 11.8 Å². The lowest BCUT2D eigenvalue weighted by Gasteiger charge is -1.96. The largest absolute Gasteiger partial charge is 0.458 e. The number of benzene rings is 1. The molecule has 78 valence electrons. The van der Waals surface area contributed by atoms with Crippen LogP contribution in [0.3, 0.4) is 0 Å². The third-order valence-corrected chi connectivity index (χ3v) is 2.48. The molecule has 0 spiro atoms. The summed E-state index contributed by atoms with van der Waals surface area (Å²) in [6, 6.07) is 7.62.